The summed E-state index contributed by atoms with van der Waals surface area (Å²) >= 11 is 0. The molecule has 1 N–H and O–H groups in total. The van der Waals surface area contributed by atoms with Gasteiger partial charge in [0.05, 0.1) is 0 Å². The van der Waals surface area contributed by atoms with E-state index in [1.165, 1.54) is 6.20 Å². The third-order valence-corrected chi connectivity index (χ3v) is 0.322. The third-order valence-electron chi connectivity index (χ3n) is 0.322. The number of hydroxylamine groups is 1. The Labute approximate surface area is 43.1 Å². The Bertz CT molecular complexity index is 82.6. The second-order valence-electron chi connectivity index (χ2n) is 0.815. The zero-order valence-corrected chi connectivity index (χ0v) is 3.98. The van der Waals surface area contributed by atoms with Crippen molar-refractivity contribution in [1.82, 2.24) is 5.48 Å². The number of rotatable bonds is 3. The normalized spacial score (nSPS) is 6.71. The van der Waals surface area contributed by atoms with Gasteiger partial charge in [0, 0.05) is 6.20 Å². The Morgan fingerprint density at radius 1 is 2.00 bits per heavy atom. The van der Waals surface area contributed by atoms with E-state index in [2.05, 4.69) is 22.8 Å². The van der Waals surface area contributed by atoms with E-state index in [-0.39, 0.29) is 6.61 Å². The van der Waals surface area contributed by atoms with E-state index in [1.807, 2.05) is 0 Å². The first-order valence-electron chi connectivity index (χ1n) is 1.83. The van der Waals surface area contributed by atoms with Crippen molar-refractivity contribution in [3.63, 3.8) is 0 Å². The zero-order chi connectivity index (χ0) is 5.54. The first kappa shape index (κ1) is 6.06. The van der Waals surface area contributed by atoms with Gasteiger partial charge >= 0.3 is 0 Å². The molecule has 0 radical (unpaired) electrons. The third kappa shape index (κ3) is 5.06. The summed E-state index contributed by atoms with van der Waals surface area (Å²) in [5.74, 6) is 2.27. The van der Waals surface area contributed by atoms with Gasteiger partial charge < -0.3 is 0 Å². The molecule has 0 aliphatic heterocycles. The number of terminal acetylenes is 1. The Balaban J connectivity index is 2.72. The average Bonchev–Trinajstić information content (AvgIpc) is 1.69. The van der Waals surface area contributed by atoms with Gasteiger partial charge in [-0.25, -0.2) is 0 Å². The van der Waals surface area contributed by atoms with Gasteiger partial charge in [0.15, 0.2) is 0 Å². The van der Waals surface area contributed by atoms with Crippen molar-refractivity contribution in [1.29, 1.82) is 0 Å². The summed E-state index contributed by atoms with van der Waals surface area (Å²) in [6.45, 7) is 3.60. The molecule has 0 unspecified atom stereocenters. The molecule has 7 heavy (non-hydrogen) atoms. The van der Waals surface area contributed by atoms with Gasteiger partial charge in [0.2, 0.25) is 0 Å². The summed E-state index contributed by atoms with van der Waals surface area (Å²) in [6.07, 6.45) is 6.23. The van der Waals surface area contributed by atoms with Gasteiger partial charge in [0.1, 0.15) is 6.61 Å². The van der Waals surface area contributed by atoms with Crippen LogP contribution in [0.3, 0.4) is 0 Å². The highest BCUT2D eigenvalue weighted by atomic mass is 16.6. The maximum Gasteiger partial charge on any atom is 0.135 e. The van der Waals surface area contributed by atoms with E-state index in [0.717, 1.165) is 0 Å². The van der Waals surface area contributed by atoms with Crippen LogP contribution in [0.5, 0.6) is 0 Å². The fourth-order valence-corrected chi connectivity index (χ4v) is 0.142. The Hall–Kier alpha value is -0.940. The SMILES string of the molecule is C#CCONC=C. The van der Waals surface area contributed by atoms with Gasteiger partial charge in [-0.05, 0) is 0 Å². The molecule has 0 atom stereocenters. The van der Waals surface area contributed by atoms with Gasteiger partial charge in [-0.15, -0.1) is 6.42 Å². The van der Waals surface area contributed by atoms with Crippen LogP contribution >= 0.6 is 0 Å². The fourth-order valence-electron chi connectivity index (χ4n) is 0.142. The van der Waals surface area contributed by atoms with E-state index in [4.69, 9.17) is 6.42 Å². The van der Waals surface area contributed by atoms with Crippen LogP contribution in [0.1, 0.15) is 0 Å². The Morgan fingerprint density at radius 3 is 3.14 bits per heavy atom. The lowest BCUT2D eigenvalue weighted by Crippen LogP contribution is -2.04. The van der Waals surface area contributed by atoms with Crippen molar-refractivity contribution in [3.8, 4) is 12.3 Å². The summed E-state index contributed by atoms with van der Waals surface area (Å²) in [4.78, 5) is 4.53. The minimum Gasteiger partial charge on any atom is -0.274 e. The summed E-state index contributed by atoms with van der Waals surface area (Å²) < 4.78 is 0. The van der Waals surface area contributed by atoms with Crippen molar-refractivity contribution >= 4 is 0 Å². The van der Waals surface area contributed by atoms with Crippen LogP contribution in [0.15, 0.2) is 12.8 Å². The summed E-state index contributed by atoms with van der Waals surface area (Å²) in [6, 6.07) is 0. The standard InChI is InChI=1S/C5H7NO/c1-3-5-7-6-4-2/h1,4,6H,2,5H2. The van der Waals surface area contributed by atoms with E-state index in [1.54, 1.807) is 0 Å². The zero-order valence-electron chi connectivity index (χ0n) is 3.98. The largest absolute Gasteiger partial charge is 0.274 e. The molecule has 0 saturated carbocycles. The fraction of sp³-hybridized carbons (Fsp3) is 0.200. The van der Waals surface area contributed by atoms with E-state index in [0.29, 0.717) is 0 Å². The second-order valence-corrected chi connectivity index (χ2v) is 0.815. The summed E-state index contributed by atoms with van der Waals surface area (Å²) in [7, 11) is 0. The van der Waals surface area contributed by atoms with Crippen LogP contribution in [-0.4, -0.2) is 6.61 Å². The average molecular weight is 97.1 g/mol. The van der Waals surface area contributed by atoms with Crippen molar-refractivity contribution in [2.45, 2.75) is 0 Å². The van der Waals surface area contributed by atoms with Crippen LogP contribution in [0.2, 0.25) is 0 Å². The maximum absolute atomic E-state index is 4.82. The molecule has 0 saturated heterocycles. The van der Waals surface area contributed by atoms with Crippen LogP contribution in [0.25, 0.3) is 0 Å². The maximum atomic E-state index is 4.82. The molecule has 0 fully saturated rings. The second kappa shape index (κ2) is 5.06. The van der Waals surface area contributed by atoms with Gasteiger partial charge in [-0.2, -0.15) is 0 Å². The lowest BCUT2D eigenvalue weighted by molar-refractivity contribution is 0.100. The summed E-state index contributed by atoms with van der Waals surface area (Å²) in [5, 5.41) is 0. The van der Waals surface area contributed by atoms with E-state index < -0.39 is 0 Å². The Kier molecular flexibility index (Phi) is 4.38. The van der Waals surface area contributed by atoms with E-state index >= 15 is 0 Å². The van der Waals surface area contributed by atoms with Crippen molar-refractivity contribution in [3.05, 3.63) is 12.8 Å². The summed E-state index contributed by atoms with van der Waals surface area (Å²) in [5.41, 5.74) is 2.37. The quantitative estimate of drug-likeness (QED) is 0.310. The van der Waals surface area contributed by atoms with Gasteiger partial charge in [0.25, 0.3) is 0 Å². The van der Waals surface area contributed by atoms with Gasteiger partial charge in [-0.1, -0.05) is 12.5 Å². The molecule has 0 aliphatic rings. The Morgan fingerprint density at radius 2 is 2.71 bits per heavy atom. The predicted octanol–water partition coefficient (Wildman–Crippen LogP) is 0.284. The highest BCUT2D eigenvalue weighted by molar-refractivity contribution is 4.82. The predicted molar refractivity (Wildman–Crippen MR) is 28.1 cm³/mol. The molecule has 0 aromatic heterocycles. The molecule has 0 spiro atoms. The molecular weight excluding hydrogens is 90.1 g/mol. The molecule has 0 rings (SSSR count). The highest BCUT2D eigenvalue weighted by Gasteiger charge is 1.68. The molecule has 2 nitrogen and oxygen atoms in total. The van der Waals surface area contributed by atoms with Crippen LogP contribution in [-0.2, 0) is 4.84 Å². The minimum absolute atomic E-state index is 0.270. The van der Waals surface area contributed by atoms with Crippen LogP contribution < -0.4 is 5.48 Å². The van der Waals surface area contributed by atoms with Crippen molar-refractivity contribution < 1.29 is 4.84 Å². The molecule has 0 heterocycles. The molecule has 0 aliphatic carbocycles. The lowest BCUT2D eigenvalue weighted by Gasteiger charge is -1.92. The molecule has 38 valence electrons. The molecule has 0 aromatic rings. The number of hydrogen-bond donors (Lipinski definition) is 1. The molecular formula is C5H7NO. The lowest BCUT2D eigenvalue weighted by atomic mass is 10.8. The highest BCUT2D eigenvalue weighted by Crippen LogP contribution is 1.59. The molecule has 0 aromatic carbocycles. The first-order chi connectivity index (χ1) is 3.41. The minimum atomic E-state index is 0.270. The number of nitrogens with one attached hydrogen (secondary N) is 1. The molecule has 0 amide bonds. The van der Waals surface area contributed by atoms with Crippen molar-refractivity contribution in [2.75, 3.05) is 6.61 Å². The van der Waals surface area contributed by atoms with Gasteiger partial charge in [-0.3, -0.25) is 10.3 Å². The van der Waals surface area contributed by atoms with Crippen molar-refractivity contribution in [2.24, 2.45) is 0 Å². The molecule has 2 heteroatoms. The van der Waals surface area contributed by atoms with Crippen LogP contribution in [0.4, 0.5) is 0 Å². The number of hydrogen-bond acceptors (Lipinski definition) is 2. The topological polar surface area (TPSA) is 21.3 Å². The molecule has 0 bridgehead atoms. The van der Waals surface area contributed by atoms with Crippen LogP contribution in [0, 0.1) is 12.3 Å². The first-order valence-corrected chi connectivity index (χ1v) is 1.83. The smallest absolute Gasteiger partial charge is 0.135 e. The van der Waals surface area contributed by atoms with E-state index in [9.17, 15) is 0 Å². The monoisotopic (exact) mass is 97.1 g/mol.